The molecule has 1 aromatic rings. The minimum absolute atomic E-state index is 0.0859. The standard InChI is InChI=1S/C15H23NO4S/c1-3-9-21(18,19)20-16-14(10-12(2)11-15(16)17)13-7-5-4-6-8-13/h10-11,13H,3-9H2,1-2H3. The summed E-state index contributed by atoms with van der Waals surface area (Å²) in [7, 11) is -3.72. The highest BCUT2D eigenvalue weighted by atomic mass is 32.2. The van der Waals surface area contributed by atoms with Crippen LogP contribution in [-0.4, -0.2) is 18.9 Å². The number of aromatic nitrogens is 1. The van der Waals surface area contributed by atoms with Crippen LogP contribution in [0.25, 0.3) is 0 Å². The van der Waals surface area contributed by atoms with E-state index in [0.717, 1.165) is 36.0 Å². The fourth-order valence-corrected chi connectivity index (χ4v) is 3.84. The molecule has 5 nitrogen and oxygen atoms in total. The fraction of sp³-hybridized carbons (Fsp3) is 0.667. The largest absolute Gasteiger partial charge is 0.327 e. The summed E-state index contributed by atoms with van der Waals surface area (Å²) in [6.07, 6.45) is 5.81. The molecule has 0 amide bonds. The summed E-state index contributed by atoms with van der Waals surface area (Å²) in [5.74, 6) is 0.111. The minimum Gasteiger partial charge on any atom is -0.284 e. The van der Waals surface area contributed by atoms with Gasteiger partial charge in [-0.1, -0.05) is 26.2 Å². The Kier molecular flexibility index (Phi) is 5.08. The average molecular weight is 313 g/mol. The summed E-state index contributed by atoms with van der Waals surface area (Å²) in [4.78, 5) is 12.2. The molecule has 2 rings (SSSR count). The van der Waals surface area contributed by atoms with E-state index in [4.69, 9.17) is 4.28 Å². The number of pyridine rings is 1. The molecule has 1 aliphatic rings. The van der Waals surface area contributed by atoms with Crippen LogP contribution < -0.4 is 9.84 Å². The van der Waals surface area contributed by atoms with Gasteiger partial charge < -0.3 is 0 Å². The molecule has 0 atom stereocenters. The summed E-state index contributed by atoms with van der Waals surface area (Å²) in [5.41, 5.74) is 1.13. The van der Waals surface area contributed by atoms with Crippen molar-refractivity contribution < 1.29 is 12.7 Å². The van der Waals surface area contributed by atoms with E-state index in [1.807, 2.05) is 13.0 Å². The van der Waals surface area contributed by atoms with Gasteiger partial charge in [-0.2, -0.15) is 8.42 Å². The van der Waals surface area contributed by atoms with Gasteiger partial charge in [0.05, 0.1) is 11.4 Å². The van der Waals surface area contributed by atoms with Crippen molar-refractivity contribution in [2.75, 3.05) is 5.75 Å². The van der Waals surface area contributed by atoms with Gasteiger partial charge in [0.25, 0.3) is 5.56 Å². The summed E-state index contributed by atoms with van der Waals surface area (Å²) in [5, 5.41) is 0. The van der Waals surface area contributed by atoms with Gasteiger partial charge in [-0.15, -0.1) is 4.73 Å². The molecule has 0 radical (unpaired) electrons. The Morgan fingerprint density at radius 2 is 1.90 bits per heavy atom. The van der Waals surface area contributed by atoms with Crippen molar-refractivity contribution >= 4 is 10.1 Å². The van der Waals surface area contributed by atoms with Crippen LogP contribution >= 0.6 is 0 Å². The Balaban J connectivity index is 2.41. The van der Waals surface area contributed by atoms with Gasteiger partial charge in [0.15, 0.2) is 0 Å². The second-order valence-electron chi connectivity index (χ2n) is 5.76. The van der Waals surface area contributed by atoms with Gasteiger partial charge in [-0.25, -0.2) is 0 Å². The lowest BCUT2D eigenvalue weighted by Gasteiger charge is -2.24. The lowest BCUT2D eigenvalue weighted by atomic mass is 9.86. The zero-order valence-corrected chi connectivity index (χ0v) is 13.5. The van der Waals surface area contributed by atoms with Crippen LogP contribution in [0.15, 0.2) is 16.9 Å². The van der Waals surface area contributed by atoms with Gasteiger partial charge in [-0.05, 0) is 37.8 Å². The van der Waals surface area contributed by atoms with Crippen LogP contribution in [0.5, 0.6) is 0 Å². The van der Waals surface area contributed by atoms with E-state index in [9.17, 15) is 13.2 Å². The van der Waals surface area contributed by atoms with Crippen molar-refractivity contribution in [3.05, 3.63) is 33.7 Å². The highest BCUT2D eigenvalue weighted by Crippen LogP contribution is 2.32. The molecule has 1 saturated carbocycles. The lowest BCUT2D eigenvalue weighted by molar-refractivity contribution is 0.241. The van der Waals surface area contributed by atoms with Gasteiger partial charge in [0, 0.05) is 12.0 Å². The number of hydrogen-bond donors (Lipinski definition) is 0. The monoisotopic (exact) mass is 313 g/mol. The molecule has 118 valence electrons. The minimum atomic E-state index is -3.72. The van der Waals surface area contributed by atoms with Crippen molar-refractivity contribution in [3.63, 3.8) is 0 Å². The van der Waals surface area contributed by atoms with Gasteiger partial charge in [0.1, 0.15) is 0 Å². The maximum atomic E-state index is 12.2. The van der Waals surface area contributed by atoms with Crippen LogP contribution in [-0.2, 0) is 10.1 Å². The number of rotatable bonds is 5. The smallest absolute Gasteiger partial charge is 0.284 e. The summed E-state index contributed by atoms with van der Waals surface area (Å²) >= 11 is 0. The molecule has 0 aromatic carbocycles. The van der Waals surface area contributed by atoms with Crippen LogP contribution in [0, 0.1) is 6.92 Å². The Labute approximate surface area is 126 Å². The molecule has 21 heavy (non-hydrogen) atoms. The third-order valence-electron chi connectivity index (χ3n) is 3.83. The van der Waals surface area contributed by atoms with E-state index in [0.29, 0.717) is 12.1 Å². The molecule has 1 heterocycles. The van der Waals surface area contributed by atoms with E-state index in [1.54, 1.807) is 6.92 Å². The molecular formula is C15H23NO4S. The highest BCUT2D eigenvalue weighted by molar-refractivity contribution is 7.86. The third kappa shape index (κ3) is 4.09. The van der Waals surface area contributed by atoms with Crippen molar-refractivity contribution in [1.29, 1.82) is 0 Å². The number of aryl methyl sites for hydroxylation is 1. The Morgan fingerprint density at radius 3 is 2.52 bits per heavy atom. The highest BCUT2D eigenvalue weighted by Gasteiger charge is 2.23. The molecule has 0 bridgehead atoms. The topological polar surface area (TPSA) is 65.4 Å². The molecule has 6 heteroatoms. The van der Waals surface area contributed by atoms with E-state index < -0.39 is 15.7 Å². The summed E-state index contributed by atoms with van der Waals surface area (Å²) < 4.78 is 29.9. The van der Waals surface area contributed by atoms with Gasteiger partial charge >= 0.3 is 10.1 Å². The molecule has 1 aromatic heterocycles. The quantitative estimate of drug-likeness (QED) is 0.837. The third-order valence-corrected chi connectivity index (χ3v) is 5.11. The van der Waals surface area contributed by atoms with Gasteiger partial charge in [0.2, 0.25) is 0 Å². The first-order valence-electron chi connectivity index (χ1n) is 7.59. The van der Waals surface area contributed by atoms with Crippen LogP contribution in [0.3, 0.4) is 0 Å². The molecule has 1 aliphatic carbocycles. The Morgan fingerprint density at radius 1 is 1.24 bits per heavy atom. The molecular weight excluding hydrogens is 290 g/mol. The number of nitrogens with zero attached hydrogens (tertiary/aromatic N) is 1. The van der Waals surface area contributed by atoms with Crippen LogP contribution in [0.4, 0.5) is 0 Å². The molecule has 0 spiro atoms. The SMILES string of the molecule is CCCS(=O)(=O)On1c(C2CCCCC2)cc(C)cc1=O. The predicted octanol–water partition coefficient (Wildman–Crippen LogP) is 2.37. The average Bonchev–Trinajstić information content (AvgIpc) is 2.42. The summed E-state index contributed by atoms with van der Waals surface area (Å²) in [6.45, 7) is 3.61. The first-order chi connectivity index (χ1) is 9.93. The zero-order chi connectivity index (χ0) is 15.5. The predicted molar refractivity (Wildman–Crippen MR) is 81.9 cm³/mol. The first-order valence-corrected chi connectivity index (χ1v) is 9.17. The second kappa shape index (κ2) is 6.64. The molecule has 0 unspecified atom stereocenters. The maximum absolute atomic E-state index is 12.2. The second-order valence-corrected chi connectivity index (χ2v) is 7.43. The summed E-state index contributed by atoms with van der Waals surface area (Å²) in [6, 6.07) is 3.28. The Hall–Kier alpha value is -1.30. The zero-order valence-electron chi connectivity index (χ0n) is 12.7. The first kappa shape index (κ1) is 16.1. The van der Waals surface area contributed by atoms with E-state index >= 15 is 0 Å². The van der Waals surface area contributed by atoms with E-state index in [2.05, 4.69) is 0 Å². The van der Waals surface area contributed by atoms with E-state index in [-0.39, 0.29) is 11.7 Å². The fourth-order valence-electron chi connectivity index (χ4n) is 2.88. The van der Waals surface area contributed by atoms with Crippen molar-refractivity contribution in [1.82, 2.24) is 4.73 Å². The van der Waals surface area contributed by atoms with Crippen LogP contribution in [0.2, 0.25) is 0 Å². The Bertz CT molecular complexity index is 642. The van der Waals surface area contributed by atoms with Crippen molar-refractivity contribution in [2.45, 2.75) is 58.3 Å². The lowest BCUT2D eigenvalue weighted by Crippen LogP contribution is -2.35. The molecule has 1 fully saturated rings. The maximum Gasteiger partial charge on any atom is 0.327 e. The van der Waals surface area contributed by atoms with Crippen LogP contribution in [0.1, 0.15) is 62.6 Å². The molecule has 0 aliphatic heterocycles. The number of hydrogen-bond acceptors (Lipinski definition) is 4. The van der Waals surface area contributed by atoms with Crippen molar-refractivity contribution in [2.24, 2.45) is 0 Å². The molecule has 0 N–H and O–H groups in total. The van der Waals surface area contributed by atoms with Gasteiger partial charge in [-0.3, -0.25) is 9.08 Å². The van der Waals surface area contributed by atoms with Crippen molar-refractivity contribution in [3.8, 4) is 0 Å². The van der Waals surface area contributed by atoms with E-state index in [1.165, 1.54) is 12.5 Å². The molecule has 0 saturated heterocycles. The normalized spacial score (nSPS) is 16.9.